The van der Waals surface area contributed by atoms with Gasteiger partial charge in [-0.05, 0) is 44.9 Å². The molecule has 0 aliphatic carbocycles. The van der Waals surface area contributed by atoms with E-state index in [9.17, 15) is 30.0 Å². The Kier molecular flexibility index (Phi) is 35.4. The van der Waals surface area contributed by atoms with E-state index in [1.807, 2.05) is 0 Å². The predicted octanol–water partition coefficient (Wildman–Crippen LogP) is 9.89. The second-order valence-electron chi connectivity index (χ2n) is 15.8. The van der Waals surface area contributed by atoms with Gasteiger partial charge in [0.15, 0.2) is 12.4 Å². The number of ether oxygens (including phenoxy) is 4. The molecule has 1 rings (SSSR count). The fraction of sp³-hybridized carbons (Fsp3) is 0.830. The molecule has 6 atom stereocenters. The van der Waals surface area contributed by atoms with Crippen molar-refractivity contribution in [1.29, 1.82) is 0 Å². The Labute approximate surface area is 346 Å². The van der Waals surface area contributed by atoms with Gasteiger partial charge in [0.2, 0.25) is 0 Å². The van der Waals surface area contributed by atoms with Crippen LogP contribution < -0.4 is 0 Å². The molecule has 6 unspecified atom stereocenters. The van der Waals surface area contributed by atoms with Crippen LogP contribution >= 0.6 is 0 Å². The Balaban J connectivity index is 2.31. The molecule has 10 nitrogen and oxygen atoms in total. The molecular formula is C47H84O10. The Morgan fingerprint density at radius 3 is 1.56 bits per heavy atom. The fourth-order valence-electron chi connectivity index (χ4n) is 6.91. The first-order chi connectivity index (χ1) is 27.8. The molecule has 57 heavy (non-hydrogen) atoms. The number of unbranched alkanes of at least 4 members (excludes halogenated alkanes) is 21. The predicted molar refractivity (Wildman–Crippen MR) is 229 cm³/mol. The summed E-state index contributed by atoms with van der Waals surface area (Å²) < 4.78 is 22.2. The standard InChI is InChI=1S/C47H84O10/c1-3-5-7-9-11-13-15-17-19-20-22-23-25-27-29-31-33-35-42(49)54-38-40(39-55-47-46(53)45(52)44(51)41(37-48)57-47)56-43(50)36-34-32-30-28-26-24-21-18-16-14-12-10-8-6-4-2/h6,8,12,14,18,21,40-41,44-48,51-53H,3-5,7,9-11,13,15-17,19-20,22-39H2,1-2H3/b8-6-,14-12-,21-18-. The summed E-state index contributed by atoms with van der Waals surface area (Å²) in [5.41, 5.74) is 0. The van der Waals surface area contributed by atoms with Crippen LogP contribution in [0.4, 0.5) is 0 Å². The van der Waals surface area contributed by atoms with Crippen LogP contribution in [0.3, 0.4) is 0 Å². The number of esters is 2. The summed E-state index contributed by atoms with van der Waals surface area (Å²) in [5.74, 6) is -0.821. The van der Waals surface area contributed by atoms with Crippen LogP contribution in [0.25, 0.3) is 0 Å². The summed E-state index contributed by atoms with van der Waals surface area (Å²) in [6.07, 6.45) is 35.8. The molecule has 0 aromatic heterocycles. The third-order valence-electron chi connectivity index (χ3n) is 10.5. The molecule has 1 aliphatic heterocycles. The molecule has 332 valence electrons. The molecule has 1 saturated heterocycles. The first-order valence-electron chi connectivity index (χ1n) is 23.1. The molecule has 1 fully saturated rings. The van der Waals surface area contributed by atoms with E-state index in [1.165, 1.54) is 89.9 Å². The van der Waals surface area contributed by atoms with Crippen molar-refractivity contribution in [2.24, 2.45) is 0 Å². The number of allylic oxidation sites excluding steroid dienone is 6. The van der Waals surface area contributed by atoms with Crippen molar-refractivity contribution >= 4 is 11.9 Å². The van der Waals surface area contributed by atoms with Gasteiger partial charge in [0.05, 0.1) is 13.2 Å². The Hall–Kier alpha value is -2.08. The van der Waals surface area contributed by atoms with Gasteiger partial charge in [0.1, 0.15) is 31.0 Å². The largest absolute Gasteiger partial charge is 0.462 e. The maximum absolute atomic E-state index is 12.8. The second-order valence-corrected chi connectivity index (χ2v) is 15.8. The number of carbonyl (C=O) groups is 2. The molecule has 10 heteroatoms. The molecule has 0 amide bonds. The van der Waals surface area contributed by atoms with E-state index in [2.05, 4.69) is 50.3 Å². The van der Waals surface area contributed by atoms with Crippen molar-refractivity contribution in [2.45, 2.75) is 230 Å². The third-order valence-corrected chi connectivity index (χ3v) is 10.5. The summed E-state index contributed by atoms with van der Waals surface area (Å²) in [6.45, 7) is 3.31. The van der Waals surface area contributed by atoms with Crippen molar-refractivity contribution in [3.63, 3.8) is 0 Å². The van der Waals surface area contributed by atoms with Gasteiger partial charge >= 0.3 is 11.9 Å². The zero-order chi connectivity index (χ0) is 41.6. The van der Waals surface area contributed by atoms with Gasteiger partial charge in [0.25, 0.3) is 0 Å². The molecule has 0 radical (unpaired) electrons. The minimum atomic E-state index is -1.60. The van der Waals surface area contributed by atoms with Gasteiger partial charge in [-0.25, -0.2) is 0 Å². The van der Waals surface area contributed by atoms with Crippen LogP contribution in [0.2, 0.25) is 0 Å². The number of rotatable bonds is 38. The van der Waals surface area contributed by atoms with E-state index in [0.29, 0.717) is 6.42 Å². The molecule has 1 heterocycles. The molecule has 0 saturated carbocycles. The molecular weight excluding hydrogens is 725 g/mol. The lowest BCUT2D eigenvalue weighted by Gasteiger charge is -2.39. The van der Waals surface area contributed by atoms with Gasteiger partial charge in [0, 0.05) is 12.8 Å². The highest BCUT2D eigenvalue weighted by Crippen LogP contribution is 2.23. The van der Waals surface area contributed by atoms with Crippen molar-refractivity contribution in [1.82, 2.24) is 0 Å². The highest BCUT2D eigenvalue weighted by Gasteiger charge is 2.44. The number of hydrogen-bond acceptors (Lipinski definition) is 10. The number of aliphatic hydroxyl groups is 4. The smallest absolute Gasteiger partial charge is 0.306 e. The van der Waals surface area contributed by atoms with Crippen LogP contribution in [0.1, 0.15) is 194 Å². The highest BCUT2D eigenvalue weighted by molar-refractivity contribution is 5.70. The van der Waals surface area contributed by atoms with Crippen LogP contribution in [0, 0.1) is 0 Å². The SMILES string of the molecule is CC/C=C\C/C=C\C/C=C\CCCCCCCC(=O)OC(COC(=O)CCCCCCCCCCCCCCCCCCC)COC1OC(CO)C(O)C(O)C1O. The van der Waals surface area contributed by atoms with Gasteiger partial charge in [-0.3, -0.25) is 9.59 Å². The van der Waals surface area contributed by atoms with E-state index in [4.69, 9.17) is 18.9 Å². The zero-order valence-electron chi connectivity index (χ0n) is 36.1. The number of carbonyl (C=O) groups excluding carboxylic acids is 2. The summed E-state index contributed by atoms with van der Waals surface area (Å²) >= 11 is 0. The van der Waals surface area contributed by atoms with Crippen molar-refractivity contribution < 1.29 is 49.0 Å². The van der Waals surface area contributed by atoms with Crippen molar-refractivity contribution in [2.75, 3.05) is 19.8 Å². The summed E-state index contributed by atoms with van der Waals surface area (Å²) in [6, 6.07) is 0. The van der Waals surface area contributed by atoms with Crippen molar-refractivity contribution in [3.8, 4) is 0 Å². The highest BCUT2D eigenvalue weighted by atomic mass is 16.7. The van der Waals surface area contributed by atoms with E-state index < -0.39 is 49.4 Å². The minimum Gasteiger partial charge on any atom is -0.462 e. The molecule has 0 spiro atoms. The lowest BCUT2D eigenvalue weighted by atomic mass is 9.99. The molecule has 1 aliphatic rings. The summed E-state index contributed by atoms with van der Waals surface area (Å²) in [4.78, 5) is 25.3. The first kappa shape index (κ1) is 52.9. The van der Waals surface area contributed by atoms with E-state index in [1.54, 1.807) is 0 Å². The molecule has 0 aromatic carbocycles. The third kappa shape index (κ3) is 29.7. The van der Waals surface area contributed by atoms with Crippen LogP contribution in [-0.4, -0.2) is 89.0 Å². The van der Waals surface area contributed by atoms with Gasteiger partial charge in [-0.2, -0.15) is 0 Å². The second kappa shape index (κ2) is 38.1. The van der Waals surface area contributed by atoms with Gasteiger partial charge in [-0.15, -0.1) is 0 Å². The first-order valence-corrected chi connectivity index (χ1v) is 23.1. The Bertz CT molecular complexity index is 1030. The fourth-order valence-corrected chi connectivity index (χ4v) is 6.91. The van der Waals surface area contributed by atoms with E-state index >= 15 is 0 Å². The zero-order valence-corrected chi connectivity index (χ0v) is 36.1. The molecule has 0 aromatic rings. The van der Waals surface area contributed by atoms with Crippen molar-refractivity contribution in [3.05, 3.63) is 36.5 Å². The summed E-state index contributed by atoms with van der Waals surface area (Å²) in [5, 5.41) is 40.1. The van der Waals surface area contributed by atoms with E-state index in [0.717, 1.165) is 70.6 Å². The topological polar surface area (TPSA) is 152 Å². The van der Waals surface area contributed by atoms with E-state index in [-0.39, 0.29) is 32.0 Å². The van der Waals surface area contributed by atoms with Gasteiger partial charge < -0.3 is 39.4 Å². The average Bonchev–Trinajstić information content (AvgIpc) is 3.21. The van der Waals surface area contributed by atoms with Gasteiger partial charge in [-0.1, -0.05) is 172 Å². The normalized spacial score (nSPS) is 20.6. The Morgan fingerprint density at radius 2 is 1.04 bits per heavy atom. The Morgan fingerprint density at radius 1 is 0.561 bits per heavy atom. The quantitative estimate of drug-likeness (QED) is 0.0270. The van der Waals surface area contributed by atoms with Crippen LogP contribution in [0.15, 0.2) is 36.5 Å². The average molecular weight is 809 g/mol. The maximum Gasteiger partial charge on any atom is 0.306 e. The number of hydrogen-bond donors (Lipinski definition) is 4. The lowest BCUT2D eigenvalue weighted by molar-refractivity contribution is -0.305. The van der Waals surface area contributed by atoms with Crippen LogP contribution in [0.5, 0.6) is 0 Å². The summed E-state index contributed by atoms with van der Waals surface area (Å²) in [7, 11) is 0. The minimum absolute atomic E-state index is 0.212. The lowest BCUT2D eigenvalue weighted by Crippen LogP contribution is -2.59. The molecule has 4 N–H and O–H groups in total. The monoisotopic (exact) mass is 809 g/mol. The number of aliphatic hydroxyl groups excluding tert-OH is 4. The maximum atomic E-state index is 12.8. The van der Waals surface area contributed by atoms with Crippen LogP contribution in [-0.2, 0) is 28.5 Å². The molecule has 0 bridgehead atoms.